The van der Waals surface area contributed by atoms with Crippen LogP contribution in [0.25, 0.3) is 0 Å². The second-order valence-corrected chi connectivity index (χ2v) is 1.12. The normalized spacial score (nSPS) is 9.11. The fourth-order valence-corrected chi connectivity index (χ4v) is 0.155. The number of hydrogen-bond donors (Lipinski definition) is 0. The van der Waals surface area contributed by atoms with E-state index in [2.05, 4.69) is 16.7 Å². The Morgan fingerprint density at radius 2 is 2.00 bits per heavy atom. The van der Waals surface area contributed by atoms with Gasteiger partial charge < -0.3 is 4.84 Å². The summed E-state index contributed by atoms with van der Waals surface area (Å²) in [4.78, 5) is 4.57. The Hall–Kier alpha value is -0.790. The first kappa shape index (κ1) is 11.1. The molecule has 0 unspecified atom stereocenters. The third kappa shape index (κ3) is 11.0. The SMILES string of the molecule is C=NO/C(C)=C\C.CC. The predicted molar refractivity (Wildman–Crippen MR) is 41.4 cm³/mol. The molecule has 0 aliphatic heterocycles. The Labute approximate surface area is 57.2 Å². The summed E-state index contributed by atoms with van der Waals surface area (Å²) in [6.45, 7) is 10.8. The molecule has 0 rings (SSSR count). The van der Waals surface area contributed by atoms with Crippen molar-refractivity contribution in [3.05, 3.63) is 11.8 Å². The molecule has 0 aromatic carbocycles. The monoisotopic (exact) mass is 129 g/mol. The second-order valence-electron chi connectivity index (χ2n) is 1.12. The average molecular weight is 129 g/mol. The first-order valence-corrected chi connectivity index (χ1v) is 3.07. The van der Waals surface area contributed by atoms with Gasteiger partial charge in [0.1, 0.15) is 5.76 Å². The standard InChI is InChI=1S/C5H9NO.C2H6/c1-4-5(2)7-6-3;1-2/h4H,3H2,1-2H3;1-2H3/b5-4-;. The largest absolute Gasteiger partial charge is 0.363 e. The smallest absolute Gasteiger partial charge is 0.127 e. The van der Waals surface area contributed by atoms with Crippen molar-refractivity contribution in [2.45, 2.75) is 27.7 Å². The Morgan fingerprint density at radius 3 is 2.11 bits per heavy atom. The van der Waals surface area contributed by atoms with Crippen molar-refractivity contribution in [2.24, 2.45) is 5.16 Å². The van der Waals surface area contributed by atoms with Gasteiger partial charge in [0.05, 0.1) is 0 Å². The zero-order chi connectivity index (χ0) is 7.70. The highest BCUT2D eigenvalue weighted by atomic mass is 16.6. The van der Waals surface area contributed by atoms with E-state index >= 15 is 0 Å². The lowest BCUT2D eigenvalue weighted by Crippen LogP contribution is -1.73. The van der Waals surface area contributed by atoms with Crippen LogP contribution in [0.15, 0.2) is 17.0 Å². The van der Waals surface area contributed by atoms with Crippen LogP contribution in [0.4, 0.5) is 0 Å². The Balaban J connectivity index is 0. The molecule has 0 saturated heterocycles. The molecule has 0 atom stereocenters. The van der Waals surface area contributed by atoms with Crippen LogP contribution < -0.4 is 0 Å². The van der Waals surface area contributed by atoms with Gasteiger partial charge in [-0.25, -0.2) is 0 Å². The summed E-state index contributed by atoms with van der Waals surface area (Å²) >= 11 is 0. The van der Waals surface area contributed by atoms with Crippen LogP contribution >= 0.6 is 0 Å². The molecule has 54 valence electrons. The number of nitrogens with zero attached hydrogens (tertiary/aromatic N) is 1. The van der Waals surface area contributed by atoms with Gasteiger partial charge in [0.15, 0.2) is 0 Å². The second kappa shape index (κ2) is 10.2. The first-order valence-electron chi connectivity index (χ1n) is 3.07. The van der Waals surface area contributed by atoms with E-state index in [1.54, 1.807) is 0 Å². The maximum atomic E-state index is 4.57. The van der Waals surface area contributed by atoms with Crippen LogP contribution in [0, 0.1) is 0 Å². The van der Waals surface area contributed by atoms with Crippen molar-refractivity contribution >= 4 is 6.72 Å². The van der Waals surface area contributed by atoms with Crippen molar-refractivity contribution in [1.82, 2.24) is 0 Å². The molecule has 0 radical (unpaired) electrons. The minimum atomic E-state index is 0.773. The molecule has 0 saturated carbocycles. The third-order valence-electron chi connectivity index (χ3n) is 0.615. The van der Waals surface area contributed by atoms with E-state index in [-0.39, 0.29) is 0 Å². The molecule has 0 aromatic heterocycles. The van der Waals surface area contributed by atoms with E-state index in [0.717, 1.165) is 5.76 Å². The predicted octanol–water partition coefficient (Wildman–Crippen LogP) is 2.57. The molecule has 0 spiro atoms. The molecule has 0 aliphatic carbocycles. The van der Waals surface area contributed by atoms with Crippen molar-refractivity contribution in [2.75, 3.05) is 0 Å². The highest BCUT2D eigenvalue weighted by Crippen LogP contribution is 1.91. The number of hydrogen-bond acceptors (Lipinski definition) is 2. The fraction of sp³-hybridized carbons (Fsp3) is 0.571. The Bertz CT molecular complexity index is 86.9. The molecule has 0 aliphatic rings. The average Bonchev–Trinajstić information content (AvgIpc) is 1.93. The van der Waals surface area contributed by atoms with Gasteiger partial charge in [-0.15, -0.1) is 0 Å². The zero-order valence-electron chi connectivity index (χ0n) is 6.64. The summed E-state index contributed by atoms with van der Waals surface area (Å²) in [6, 6.07) is 0. The molecule has 0 fully saturated rings. The maximum absolute atomic E-state index is 4.57. The highest BCUT2D eigenvalue weighted by Gasteiger charge is 1.77. The van der Waals surface area contributed by atoms with E-state index in [4.69, 9.17) is 0 Å². The minimum absolute atomic E-state index is 0.773. The summed E-state index contributed by atoms with van der Waals surface area (Å²) < 4.78 is 0. The number of allylic oxidation sites excluding steroid dienone is 2. The first-order chi connectivity index (χ1) is 4.31. The number of oxime groups is 1. The summed E-state index contributed by atoms with van der Waals surface area (Å²) in [6.07, 6.45) is 1.81. The topological polar surface area (TPSA) is 21.6 Å². The molecule has 9 heavy (non-hydrogen) atoms. The molecular weight excluding hydrogens is 114 g/mol. The van der Waals surface area contributed by atoms with Crippen molar-refractivity contribution in [1.29, 1.82) is 0 Å². The van der Waals surface area contributed by atoms with Gasteiger partial charge in [0, 0.05) is 6.72 Å². The number of rotatable bonds is 2. The summed E-state index contributed by atoms with van der Waals surface area (Å²) in [5, 5.41) is 3.19. The van der Waals surface area contributed by atoms with E-state index < -0.39 is 0 Å². The van der Waals surface area contributed by atoms with Crippen molar-refractivity contribution < 1.29 is 4.84 Å². The molecule has 0 amide bonds. The summed E-state index contributed by atoms with van der Waals surface area (Å²) in [5.41, 5.74) is 0. The lowest BCUT2D eigenvalue weighted by Gasteiger charge is -1.90. The summed E-state index contributed by atoms with van der Waals surface area (Å²) in [5.74, 6) is 0.773. The van der Waals surface area contributed by atoms with Gasteiger partial charge in [-0.2, -0.15) is 0 Å². The van der Waals surface area contributed by atoms with Crippen LogP contribution in [0.5, 0.6) is 0 Å². The van der Waals surface area contributed by atoms with Crippen LogP contribution in [0.2, 0.25) is 0 Å². The molecule has 0 aromatic rings. The minimum Gasteiger partial charge on any atom is -0.363 e. The van der Waals surface area contributed by atoms with E-state index in [0.29, 0.717) is 0 Å². The van der Waals surface area contributed by atoms with Gasteiger partial charge in [-0.1, -0.05) is 19.0 Å². The van der Waals surface area contributed by atoms with Crippen molar-refractivity contribution in [3.8, 4) is 0 Å². The molecule has 0 heterocycles. The van der Waals surface area contributed by atoms with Gasteiger partial charge in [0.2, 0.25) is 0 Å². The fourth-order valence-electron chi connectivity index (χ4n) is 0.155. The van der Waals surface area contributed by atoms with Crippen LogP contribution in [0.1, 0.15) is 27.7 Å². The Morgan fingerprint density at radius 1 is 1.56 bits per heavy atom. The molecule has 2 heteroatoms. The quantitative estimate of drug-likeness (QED) is 0.319. The molecule has 0 bridgehead atoms. The van der Waals surface area contributed by atoms with E-state index in [1.807, 2.05) is 33.8 Å². The van der Waals surface area contributed by atoms with Gasteiger partial charge in [0.25, 0.3) is 0 Å². The van der Waals surface area contributed by atoms with Crippen LogP contribution in [0.3, 0.4) is 0 Å². The van der Waals surface area contributed by atoms with Gasteiger partial charge in [-0.05, 0) is 19.9 Å². The van der Waals surface area contributed by atoms with Gasteiger partial charge >= 0.3 is 0 Å². The summed E-state index contributed by atoms with van der Waals surface area (Å²) in [7, 11) is 0. The maximum Gasteiger partial charge on any atom is 0.127 e. The van der Waals surface area contributed by atoms with Crippen LogP contribution in [-0.2, 0) is 4.84 Å². The zero-order valence-corrected chi connectivity index (χ0v) is 6.64. The van der Waals surface area contributed by atoms with Gasteiger partial charge in [-0.3, -0.25) is 0 Å². The lowest BCUT2D eigenvalue weighted by molar-refractivity contribution is 0.232. The van der Waals surface area contributed by atoms with E-state index in [9.17, 15) is 0 Å². The Kier molecular flexibility index (Phi) is 12.6. The van der Waals surface area contributed by atoms with Crippen molar-refractivity contribution in [3.63, 3.8) is 0 Å². The van der Waals surface area contributed by atoms with Crippen LogP contribution in [-0.4, -0.2) is 6.72 Å². The lowest BCUT2D eigenvalue weighted by atomic mass is 10.5. The third-order valence-corrected chi connectivity index (χ3v) is 0.615. The molecule has 2 nitrogen and oxygen atoms in total. The highest BCUT2D eigenvalue weighted by molar-refractivity contribution is 5.21. The molecule has 0 N–H and O–H groups in total. The molecular formula is C7H15NO. The van der Waals surface area contributed by atoms with E-state index in [1.165, 1.54) is 0 Å².